The van der Waals surface area contributed by atoms with Crippen molar-refractivity contribution in [3.05, 3.63) is 54.1 Å². The Kier molecular flexibility index (Phi) is 5.57. The number of anilines is 1. The molecule has 0 saturated carbocycles. The van der Waals surface area contributed by atoms with Gasteiger partial charge in [-0.1, -0.05) is 18.2 Å². The number of amides is 1. The van der Waals surface area contributed by atoms with Crippen molar-refractivity contribution in [2.45, 2.75) is 12.8 Å². The summed E-state index contributed by atoms with van der Waals surface area (Å²) in [5.41, 5.74) is 0.0735. The molecule has 23 heavy (non-hydrogen) atoms. The van der Waals surface area contributed by atoms with Crippen molar-refractivity contribution >= 4 is 17.6 Å². The second-order valence-corrected chi connectivity index (χ2v) is 4.85. The Balaban J connectivity index is 1.81. The topological polar surface area (TPSA) is 95.9 Å². The van der Waals surface area contributed by atoms with Gasteiger partial charge in [0.15, 0.2) is 0 Å². The fraction of sp³-hybridized carbons (Fsp3) is 0.176. The number of hydrogen-bond donors (Lipinski definition) is 3. The number of rotatable bonds is 7. The first-order chi connectivity index (χ1) is 11.1. The zero-order chi connectivity index (χ0) is 16.7. The molecule has 120 valence electrons. The number of phenolic OH excluding ortho intramolecular Hbond substituents is 1. The number of aromatic carboxylic acids is 1. The van der Waals surface area contributed by atoms with Crippen LogP contribution in [0.2, 0.25) is 0 Å². The van der Waals surface area contributed by atoms with Crippen LogP contribution >= 0.6 is 0 Å². The lowest BCUT2D eigenvalue weighted by atomic mass is 10.2. The summed E-state index contributed by atoms with van der Waals surface area (Å²) in [5.74, 6) is -0.889. The monoisotopic (exact) mass is 315 g/mol. The summed E-state index contributed by atoms with van der Waals surface area (Å²) in [6.07, 6.45) is 0.698. The van der Waals surface area contributed by atoms with Gasteiger partial charge in [-0.3, -0.25) is 4.79 Å². The molecule has 6 heteroatoms. The van der Waals surface area contributed by atoms with E-state index in [0.717, 1.165) is 5.75 Å². The molecule has 2 rings (SSSR count). The molecule has 0 saturated heterocycles. The maximum atomic E-state index is 11.8. The van der Waals surface area contributed by atoms with Gasteiger partial charge < -0.3 is 20.3 Å². The molecule has 0 aliphatic carbocycles. The average Bonchev–Trinajstić information content (AvgIpc) is 2.54. The fourth-order valence-electron chi connectivity index (χ4n) is 1.92. The number of carboxylic acids is 1. The van der Waals surface area contributed by atoms with Crippen molar-refractivity contribution in [2.75, 3.05) is 11.9 Å². The molecule has 1 amide bonds. The van der Waals surface area contributed by atoms with Gasteiger partial charge in [0.1, 0.15) is 11.5 Å². The summed E-state index contributed by atoms with van der Waals surface area (Å²) in [7, 11) is 0. The number of carbonyl (C=O) groups excluding carboxylic acids is 1. The van der Waals surface area contributed by atoms with Gasteiger partial charge in [-0.05, 0) is 36.8 Å². The van der Waals surface area contributed by atoms with Crippen LogP contribution in [0, 0.1) is 0 Å². The molecule has 2 aromatic carbocycles. The maximum Gasteiger partial charge on any atom is 0.335 e. The maximum absolute atomic E-state index is 11.8. The lowest BCUT2D eigenvalue weighted by Gasteiger charge is -2.09. The van der Waals surface area contributed by atoms with Crippen molar-refractivity contribution in [2.24, 2.45) is 0 Å². The van der Waals surface area contributed by atoms with Crippen molar-refractivity contribution < 1.29 is 24.5 Å². The third kappa shape index (κ3) is 5.03. The first-order valence-corrected chi connectivity index (χ1v) is 7.10. The second-order valence-electron chi connectivity index (χ2n) is 4.85. The molecule has 0 atom stereocenters. The molecule has 0 fully saturated rings. The van der Waals surface area contributed by atoms with E-state index >= 15 is 0 Å². The van der Waals surface area contributed by atoms with Gasteiger partial charge in [0.05, 0.1) is 17.9 Å². The third-order valence-electron chi connectivity index (χ3n) is 3.08. The van der Waals surface area contributed by atoms with Crippen LogP contribution in [-0.2, 0) is 4.79 Å². The van der Waals surface area contributed by atoms with Crippen LogP contribution in [-0.4, -0.2) is 28.7 Å². The van der Waals surface area contributed by atoms with Crippen molar-refractivity contribution in [1.29, 1.82) is 0 Å². The number of benzene rings is 2. The Hall–Kier alpha value is -3.02. The van der Waals surface area contributed by atoms with E-state index in [9.17, 15) is 14.7 Å². The predicted molar refractivity (Wildman–Crippen MR) is 84.9 cm³/mol. The van der Waals surface area contributed by atoms with Crippen molar-refractivity contribution in [1.82, 2.24) is 0 Å². The molecule has 3 N–H and O–H groups in total. The highest BCUT2D eigenvalue weighted by atomic mass is 16.5. The molecule has 2 aromatic rings. The second kappa shape index (κ2) is 7.84. The minimum Gasteiger partial charge on any atom is -0.506 e. The average molecular weight is 315 g/mol. The zero-order valence-corrected chi connectivity index (χ0v) is 12.4. The summed E-state index contributed by atoms with van der Waals surface area (Å²) < 4.78 is 5.47. The molecule has 0 spiro atoms. The van der Waals surface area contributed by atoms with Gasteiger partial charge in [-0.2, -0.15) is 0 Å². The Labute approximate surface area is 133 Å². The van der Waals surface area contributed by atoms with Crippen LogP contribution in [0.3, 0.4) is 0 Å². The molecule has 0 heterocycles. The van der Waals surface area contributed by atoms with E-state index < -0.39 is 5.97 Å². The molecule has 0 radical (unpaired) electrons. The van der Waals surface area contributed by atoms with Gasteiger partial charge in [-0.25, -0.2) is 4.79 Å². The summed E-state index contributed by atoms with van der Waals surface area (Å²) >= 11 is 0. The largest absolute Gasteiger partial charge is 0.506 e. The van der Waals surface area contributed by atoms with Gasteiger partial charge in [0.2, 0.25) is 5.91 Å². The molecule has 6 nitrogen and oxygen atoms in total. The third-order valence-corrected chi connectivity index (χ3v) is 3.08. The molecular formula is C17H17NO5. The predicted octanol–water partition coefficient (Wildman–Crippen LogP) is 2.89. The molecular weight excluding hydrogens is 298 g/mol. The molecule has 0 aromatic heterocycles. The number of hydrogen-bond acceptors (Lipinski definition) is 4. The van der Waals surface area contributed by atoms with Crippen LogP contribution in [0.5, 0.6) is 11.5 Å². The highest BCUT2D eigenvalue weighted by Crippen LogP contribution is 2.24. The molecule has 0 bridgehead atoms. The molecule has 0 aliphatic heterocycles. The van der Waals surface area contributed by atoms with Gasteiger partial charge in [0, 0.05) is 6.42 Å². The highest BCUT2D eigenvalue weighted by Gasteiger charge is 2.10. The molecule has 0 unspecified atom stereocenters. The number of aromatic hydroxyl groups is 1. The lowest BCUT2D eigenvalue weighted by Crippen LogP contribution is -2.13. The highest BCUT2D eigenvalue weighted by molar-refractivity contribution is 5.95. The van der Waals surface area contributed by atoms with Crippen molar-refractivity contribution in [3.63, 3.8) is 0 Å². The summed E-state index contributed by atoms with van der Waals surface area (Å²) in [4.78, 5) is 22.7. The first-order valence-electron chi connectivity index (χ1n) is 7.10. The van der Waals surface area contributed by atoms with Crippen molar-refractivity contribution in [3.8, 4) is 11.5 Å². The summed E-state index contributed by atoms with van der Waals surface area (Å²) in [5, 5.41) is 21.1. The van der Waals surface area contributed by atoms with E-state index in [-0.39, 0.29) is 29.3 Å². The van der Waals surface area contributed by atoms with Gasteiger partial charge in [0.25, 0.3) is 0 Å². The number of para-hydroxylation sites is 1. The van der Waals surface area contributed by atoms with Crippen LogP contribution < -0.4 is 10.1 Å². The number of carboxylic acid groups (broad SMARTS) is 1. The van der Waals surface area contributed by atoms with Gasteiger partial charge >= 0.3 is 5.97 Å². The van der Waals surface area contributed by atoms with E-state index in [1.54, 1.807) is 0 Å². The number of phenols is 1. The van der Waals surface area contributed by atoms with Crippen LogP contribution in [0.25, 0.3) is 0 Å². The van der Waals surface area contributed by atoms with E-state index in [1.165, 1.54) is 18.2 Å². The number of ether oxygens (including phenoxy) is 1. The SMILES string of the molecule is O=C(CCCOc1ccccc1)Nc1cc(C(=O)O)ccc1O. The summed E-state index contributed by atoms with van der Waals surface area (Å²) in [6, 6.07) is 13.0. The quantitative estimate of drug-likeness (QED) is 0.539. The summed E-state index contributed by atoms with van der Waals surface area (Å²) in [6.45, 7) is 0.387. The van der Waals surface area contributed by atoms with Crippen LogP contribution in [0.4, 0.5) is 5.69 Å². The number of carbonyl (C=O) groups is 2. The Morgan fingerprint density at radius 3 is 2.52 bits per heavy atom. The minimum absolute atomic E-state index is 0.00879. The Morgan fingerprint density at radius 1 is 1.09 bits per heavy atom. The van der Waals surface area contributed by atoms with Crippen LogP contribution in [0.1, 0.15) is 23.2 Å². The van der Waals surface area contributed by atoms with E-state index in [0.29, 0.717) is 13.0 Å². The van der Waals surface area contributed by atoms with E-state index in [4.69, 9.17) is 9.84 Å². The lowest BCUT2D eigenvalue weighted by molar-refractivity contribution is -0.116. The number of nitrogens with one attached hydrogen (secondary N) is 1. The normalized spacial score (nSPS) is 10.1. The Morgan fingerprint density at radius 2 is 1.83 bits per heavy atom. The Bertz CT molecular complexity index is 685. The molecule has 0 aliphatic rings. The minimum atomic E-state index is -1.13. The fourth-order valence-corrected chi connectivity index (χ4v) is 1.92. The zero-order valence-electron chi connectivity index (χ0n) is 12.4. The smallest absolute Gasteiger partial charge is 0.335 e. The van der Waals surface area contributed by atoms with E-state index in [1.807, 2.05) is 30.3 Å². The van der Waals surface area contributed by atoms with E-state index in [2.05, 4.69) is 5.32 Å². The van der Waals surface area contributed by atoms with Gasteiger partial charge in [-0.15, -0.1) is 0 Å². The van der Waals surface area contributed by atoms with Crippen LogP contribution in [0.15, 0.2) is 48.5 Å². The standard InChI is InChI=1S/C17H17NO5/c19-15-9-8-12(17(21)22)11-14(15)18-16(20)7-4-10-23-13-5-2-1-3-6-13/h1-3,5-6,8-9,11,19H,4,7,10H2,(H,18,20)(H,21,22). The first kappa shape index (κ1) is 16.4.